The van der Waals surface area contributed by atoms with Gasteiger partial charge in [-0.15, -0.1) is 0 Å². The maximum atomic E-state index is 5.47. The molecule has 88 valence electrons. The molecule has 0 aliphatic carbocycles. The molecule has 0 spiro atoms. The van der Waals surface area contributed by atoms with Crippen molar-refractivity contribution in [3.8, 4) is 0 Å². The molecule has 0 radical (unpaired) electrons. The molecule has 0 aromatic carbocycles. The van der Waals surface area contributed by atoms with Crippen LogP contribution in [0, 0.1) is 0 Å². The van der Waals surface area contributed by atoms with Crippen molar-refractivity contribution in [3.05, 3.63) is 48.2 Å². The van der Waals surface area contributed by atoms with E-state index in [1.807, 2.05) is 24.3 Å². The van der Waals surface area contributed by atoms with E-state index < -0.39 is 0 Å². The molecule has 0 aliphatic heterocycles. The Labute approximate surface area is 100 Å². The summed E-state index contributed by atoms with van der Waals surface area (Å²) in [5.41, 5.74) is 6.44. The van der Waals surface area contributed by atoms with Gasteiger partial charge in [0.05, 0.1) is 12.2 Å². The summed E-state index contributed by atoms with van der Waals surface area (Å²) in [6.07, 6.45) is 4.20. The first kappa shape index (κ1) is 11.5. The number of hydrogen-bond acceptors (Lipinski definition) is 5. The zero-order chi connectivity index (χ0) is 11.9. The average molecular weight is 229 g/mol. The third kappa shape index (κ3) is 3.49. The number of hydrogen-bond donors (Lipinski definition) is 2. The van der Waals surface area contributed by atoms with Crippen LogP contribution in [0.15, 0.2) is 36.7 Å². The van der Waals surface area contributed by atoms with Gasteiger partial charge in [-0.3, -0.25) is 4.98 Å². The molecule has 0 amide bonds. The highest BCUT2D eigenvalue weighted by atomic mass is 15.0. The van der Waals surface area contributed by atoms with Gasteiger partial charge < -0.3 is 11.1 Å². The minimum atomic E-state index is 0.559. The predicted octanol–water partition coefficient (Wildman–Crippen LogP) is 0.985. The number of nitrogens with zero attached hydrogens (tertiary/aromatic N) is 3. The lowest BCUT2D eigenvalue weighted by Crippen LogP contribution is -2.09. The maximum absolute atomic E-state index is 5.47. The van der Waals surface area contributed by atoms with Crippen molar-refractivity contribution in [2.75, 3.05) is 11.9 Å². The Balaban J connectivity index is 1.97. The molecular formula is C12H15N5. The standard InChI is InChI=1S/C12H15N5/c13-6-4-11-15-8-5-12(17-11)16-9-10-3-1-2-7-14-10/h1-3,5,7-8H,4,6,9,13H2,(H,15,16,17). The Morgan fingerprint density at radius 3 is 2.82 bits per heavy atom. The van der Waals surface area contributed by atoms with Crippen LogP contribution in [0.25, 0.3) is 0 Å². The Hall–Kier alpha value is -2.01. The second kappa shape index (κ2) is 5.91. The van der Waals surface area contributed by atoms with Crippen LogP contribution in [-0.4, -0.2) is 21.5 Å². The molecule has 2 rings (SSSR count). The zero-order valence-electron chi connectivity index (χ0n) is 9.50. The fraction of sp³-hybridized carbons (Fsp3) is 0.250. The molecule has 0 saturated heterocycles. The van der Waals surface area contributed by atoms with E-state index in [9.17, 15) is 0 Å². The molecule has 2 aromatic rings. The van der Waals surface area contributed by atoms with E-state index in [-0.39, 0.29) is 0 Å². The molecule has 0 atom stereocenters. The highest BCUT2D eigenvalue weighted by Crippen LogP contribution is 2.04. The van der Waals surface area contributed by atoms with Gasteiger partial charge in [0.1, 0.15) is 11.6 Å². The van der Waals surface area contributed by atoms with Crippen LogP contribution < -0.4 is 11.1 Å². The van der Waals surface area contributed by atoms with Crippen molar-refractivity contribution < 1.29 is 0 Å². The van der Waals surface area contributed by atoms with Gasteiger partial charge in [-0.2, -0.15) is 0 Å². The van der Waals surface area contributed by atoms with Gasteiger partial charge in [0, 0.05) is 18.8 Å². The van der Waals surface area contributed by atoms with Gasteiger partial charge in [0.25, 0.3) is 0 Å². The van der Waals surface area contributed by atoms with E-state index >= 15 is 0 Å². The maximum Gasteiger partial charge on any atom is 0.131 e. The molecule has 0 unspecified atom stereocenters. The van der Waals surface area contributed by atoms with E-state index in [0.29, 0.717) is 19.5 Å². The number of aromatic nitrogens is 3. The van der Waals surface area contributed by atoms with Crippen molar-refractivity contribution in [2.24, 2.45) is 5.73 Å². The highest BCUT2D eigenvalue weighted by Gasteiger charge is 1.98. The molecule has 5 nitrogen and oxygen atoms in total. The van der Waals surface area contributed by atoms with Crippen molar-refractivity contribution in [1.82, 2.24) is 15.0 Å². The van der Waals surface area contributed by atoms with Crippen LogP contribution in [0.5, 0.6) is 0 Å². The summed E-state index contributed by atoms with van der Waals surface area (Å²) >= 11 is 0. The first-order valence-electron chi connectivity index (χ1n) is 5.54. The van der Waals surface area contributed by atoms with Crippen LogP contribution in [0.1, 0.15) is 11.5 Å². The van der Waals surface area contributed by atoms with Gasteiger partial charge in [0.15, 0.2) is 0 Å². The molecule has 5 heteroatoms. The van der Waals surface area contributed by atoms with Crippen LogP contribution in [-0.2, 0) is 13.0 Å². The lowest BCUT2D eigenvalue weighted by atomic mass is 10.3. The first-order chi connectivity index (χ1) is 8.38. The predicted molar refractivity (Wildman–Crippen MR) is 66.4 cm³/mol. The van der Waals surface area contributed by atoms with Crippen LogP contribution in [0.3, 0.4) is 0 Å². The van der Waals surface area contributed by atoms with E-state index in [2.05, 4.69) is 20.3 Å². The van der Waals surface area contributed by atoms with E-state index in [1.165, 1.54) is 0 Å². The molecule has 3 N–H and O–H groups in total. The summed E-state index contributed by atoms with van der Waals surface area (Å²) in [7, 11) is 0. The third-order valence-electron chi connectivity index (χ3n) is 2.25. The number of nitrogens with two attached hydrogens (primary N) is 1. The largest absolute Gasteiger partial charge is 0.364 e. The number of pyridine rings is 1. The Bertz CT molecular complexity index is 457. The SMILES string of the molecule is NCCc1nccc(NCc2ccccn2)n1. The topological polar surface area (TPSA) is 76.7 Å². The molecule has 0 aliphatic rings. The summed E-state index contributed by atoms with van der Waals surface area (Å²) in [5.74, 6) is 1.56. The Morgan fingerprint density at radius 2 is 2.06 bits per heavy atom. The van der Waals surface area contributed by atoms with Crippen LogP contribution in [0.4, 0.5) is 5.82 Å². The Morgan fingerprint density at radius 1 is 1.12 bits per heavy atom. The molecule has 2 aromatic heterocycles. The fourth-order valence-electron chi connectivity index (χ4n) is 1.43. The number of anilines is 1. The van der Waals surface area contributed by atoms with Crippen molar-refractivity contribution >= 4 is 5.82 Å². The van der Waals surface area contributed by atoms with E-state index in [1.54, 1.807) is 12.4 Å². The zero-order valence-corrected chi connectivity index (χ0v) is 9.50. The lowest BCUT2D eigenvalue weighted by Gasteiger charge is -2.05. The summed E-state index contributed by atoms with van der Waals surface area (Å²) < 4.78 is 0. The summed E-state index contributed by atoms with van der Waals surface area (Å²) in [6.45, 7) is 1.21. The Kier molecular flexibility index (Phi) is 3.99. The van der Waals surface area contributed by atoms with Gasteiger partial charge in [-0.1, -0.05) is 6.07 Å². The summed E-state index contributed by atoms with van der Waals surface area (Å²) in [5, 5.41) is 3.21. The second-order valence-electron chi connectivity index (χ2n) is 3.57. The quantitative estimate of drug-likeness (QED) is 0.799. The van der Waals surface area contributed by atoms with Gasteiger partial charge >= 0.3 is 0 Å². The molecule has 0 saturated carbocycles. The van der Waals surface area contributed by atoms with Crippen molar-refractivity contribution in [3.63, 3.8) is 0 Å². The minimum Gasteiger partial charge on any atom is -0.364 e. The van der Waals surface area contributed by atoms with Crippen molar-refractivity contribution in [1.29, 1.82) is 0 Å². The summed E-state index contributed by atoms with van der Waals surface area (Å²) in [6, 6.07) is 7.66. The van der Waals surface area contributed by atoms with Gasteiger partial charge in [-0.25, -0.2) is 9.97 Å². The molecule has 17 heavy (non-hydrogen) atoms. The molecule has 0 bridgehead atoms. The van der Waals surface area contributed by atoms with Crippen molar-refractivity contribution in [2.45, 2.75) is 13.0 Å². The van der Waals surface area contributed by atoms with E-state index in [4.69, 9.17) is 5.73 Å². The van der Waals surface area contributed by atoms with E-state index in [0.717, 1.165) is 17.3 Å². The number of nitrogens with one attached hydrogen (secondary N) is 1. The van der Waals surface area contributed by atoms with Crippen LogP contribution >= 0.6 is 0 Å². The monoisotopic (exact) mass is 229 g/mol. The average Bonchev–Trinajstić information content (AvgIpc) is 2.39. The highest BCUT2D eigenvalue weighted by molar-refractivity contribution is 5.33. The second-order valence-corrected chi connectivity index (χ2v) is 3.57. The first-order valence-corrected chi connectivity index (χ1v) is 5.54. The van der Waals surface area contributed by atoms with Gasteiger partial charge in [0.2, 0.25) is 0 Å². The van der Waals surface area contributed by atoms with Crippen LogP contribution in [0.2, 0.25) is 0 Å². The molecular weight excluding hydrogens is 214 g/mol. The third-order valence-corrected chi connectivity index (χ3v) is 2.25. The van der Waals surface area contributed by atoms with Gasteiger partial charge in [-0.05, 0) is 24.7 Å². The normalized spacial score (nSPS) is 10.2. The molecule has 2 heterocycles. The smallest absolute Gasteiger partial charge is 0.131 e. The summed E-state index contributed by atoms with van der Waals surface area (Å²) in [4.78, 5) is 12.7. The fourth-order valence-corrected chi connectivity index (χ4v) is 1.43. The number of rotatable bonds is 5. The minimum absolute atomic E-state index is 0.559. The lowest BCUT2D eigenvalue weighted by molar-refractivity contribution is 0.864. The molecule has 0 fully saturated rings.